The van der Waals surface area contributed by atoms with Gasteiger partial charge in [0.2, 0.25) is 0 Å². The first-order valence-corrected chi connectivity index (χ1v) is 8.40. The summed E-state index contributed by atoms with van der Waals surface area (Å²) in [6.45, 7) is 3.37. The Hall–Kier alpha value is -2.79. The van der Waals surface area contributed by atoms with E-state index in [2.05, 4.69) is 0 Å². The van der Waals surface area contributed by atoms with Gasteiger partial charge in [-0.2, -0.15) is 0 Å². The fraction of sp³-hybridized carbons (Fsp3) is 0.286. The van der Waals surface area contributed by atoms with E-state index in [1.165, 1.54) is 6.08 Å². The van der Waals surface area contributed by atoms with Crippen LogP contribution >= 0.6 is 0 Å². The molecule has 1 unspecified atom stereocenters. The van der Waals surface area contributed by atoms with Gasteiger partial charge in [-0.25, -0.2) is 0 Å². The molecule has 136 valence electrons. The minimum absolute atomic E-state index is 0.174. The molecule has 0 spiro atoms. The average Bonchev–Trinajstić information content (AvgIpc) is 3.06. The van der Waals surface area contributed by atoms with E-state index in [0.717, 1.165) is 11.1 Å². The van der Waals surface area contributed by atoms with E-state index in [1.807, 2.05) is 0 Å². The molecule has 0 radical (unpaired) electrons. The molecular weight excluding hydrogens is 332 g/mol. The van der Waals surface area contributed by atoms with Gasteiger partial charge in [-0.15, -0.1) is 0 Å². The molecule has 5 nitrogen and oxygen atoms in total. The van der Waals surface area contributed by atoms with Gasteiger partial charge in [0.15, 0.2) is 5.78 Å². The monoisotopic (exact) mass is 354 g/mol. The second-order valence-electron chi connectivity index (χ2n) is 6.88. The van der Waals surface area contributed by atoms with Crippen LogP contribution in [0.1, 0.15) is 35.3 Å². The summed E-state index contributed by atoms with van der Waals surface area (Å²) in [7, 11) is 1.57. The van der Waals surface area contributed by atoms with Gasteiger partial charge in [-0.3, -0.25) is 4.79 Å². The number of phenolic OH excluding ortho intramolecular Hbond substituents is 1. The molecule has 0 amide bonds. The number of methoxy groups -OCH3 is 1. The number of phenols is 1. The highest BCUT2D eigenvalue weighted by Crippen LogP contribution is 2.41. The highest BCUT2D eigenvalue weighted by atomic mass is 16.5. The fourth-order valence-electron chi connectivity index (χ4n) is 2.93. The average molecular weight is 354 g/mol. The van der Waals surface area contributed by atoms with Gasteiger partial charge in [0.1, 0.15) is 23.4 Å². The van der Waals surface area contributed by atoms with Crippen molar-refractivity contribution in [2.45, 2.75) is 32.0 Å². The van der Waals surface area contributed by atoms with Gasteiger partial charge in [0.25, 0.3) is 0 Å². The number of carbonyl (C=O) groups is 1. The zero-order valence-corrected chi connectivity index (χ0v) is 15.0. The molecular formula is C21H22O5. The van der Waals surface area contributed by atoms with Crippen molar-refractivity contribution >= 4 is 11.9 Å². The SMILES string of the molecule is COc1ccc(C(=O)C=Cc2ccc(O)cc2)c2c1CC(C(C)(C)O)O2. The van der Waals surface area contributed by atoms with Crippen LogP contribution in [-0.4, -0.2) is 34.8 Å². The molecule has 1 atom stereocenters. The lowest BCUT2D eigenvalue weighted by Crippen LogP contribution is -2.39. The lowest BCUT2D eigenvalue weighted by atomic mass is 9.96. The van der Waals surface area contributed by atoms with Gasteiger partial charge in [-0.05, 0) is 49.8 Å². The summed E-state index contributed by atoms with van der Waals surface area (Å²) in [5.41, 5.74) is 0.995. The van der Waals surface area contributed by atoms with Crippen molar-refractivity contribution in [1.82, 2.24) is 0 Å². The largest absolute Gasteiger partial charge is 0.508 e. The number of hydrogen-bond donors (Lipinski definition) is 2. The van der Waals surface area contributed by atoms with E-state index >= 15 is 0 Å². The van der Waals surface area contributed by atoms with Gasteiger partial charge < -0.3 is 19.7 Å². The highest BCUT2D eigenvalue weighted by Gasteiger charge is 2.38. The molecule has 2 aromatic carbocycles. The molecule has 0 aliphatic carbocycles. The van der Waals surface area contributed by atoms with E-state index in [1.54, 1.807) is 63.4 Å². The third kappa shape index (κ3) is 3.58. The van der Waals surface area contributed by atoms with Crippen molar-refractivity contribution in [2.24, 2.45) is 0 Å². The first kappa shape index (κ1) is 18.0. The van der Waals surface area contributed by atoms with Gasteiger partial charge >= 0.3 is 0 Å². The zero-order valence-electron chi connectivity index (χ0n) is 15.0. The number of fused-ring (bicyclic) bond motifs is 1. The lowest BCUT2D eigenvalue weighted by molar-refractivity contribution is -0.0231. The van der Waals surface area contributed by atoms with Crippen molar-refractivity contribution < 1.29 is 24.5 Å². The number of carbonyl (C=O) groups excluding carboxylic acids is 1. The second-order valence-corrected chi connectivity index (χ2v) is 6.88. The Labute approximate surface area is 152 Å². The number of benzene rings is 2. The van der Waals surface area contributed by atoms with E-state index in [9.17, 15) is 15.0 Å². The first-order valence-electron chi connectivity index (χ1n) is 8.40. The molecule has 2 aromatic rings. The predicted octanol–water partition coefficient (Wildman–Crippen LogP) is 3.37. The molecule has 1 aliphatic rings. The maximum Gasteiger partial charge on any atom is 0.189 e. The predicted molar refractivity (Wildman–Crippen MR) is 98.9 cm³/mol. The third-order valence-electron chi connectivity index (χ3n) is 4.46. The number of ketones is 1. The second kappa shape index (κ2) is 6.84. The molecule has 0 fully saturated rings. The van der Waals surface area contributed by atoms with Gasteiger partial charge in [0, 0.05) is 12.0 Å². The topological polar surface area (TPSA) is 76.0 Å². The Balaban J connectivity index is 1.91. The van der Waals surface area contributed by atoms with Crippen molar-refractivity contribution in [3.8, 4) is 17.2 Å². The Kier molecular flexibility index (Phi) is 4.74. The first-order chi connectivity index (χ1) is 12.3. The van der Waals surface area contributed by atoms with Gasteiger partial charge in [0.05, 0.1) is 18.3 Å². The zero-order chi connectivity index (χ0) is 18.9. The Morgan fingerprint density at radius 2 is 1.92 bits per heavy atom. The standard InChI is InChI=1S/C21H22O5/c1-21(2,24)19-12-16-18(25-3)11-9-15(20(16)26-19)17(23)10-6-13-4-7-14(22)8-5-13/h4-11,19,22,24H,12H2,1-3H3. The van der Waals surface area contributed by atoms with Crippen LogP contribution in [-0.2, 0) is 6.42 Å². The van der Waals surface area contributed by atoms with E-state index in [-0.39, 0.29) is 11.5 Å². The van der Waals surface area contributed by atoms with Gasteiger partial charge in [-0.1, -0.05) is 18.2 Å². The summed E-state index contributed by atoms with van der Waals surface area (Å²) in [4.78, 5) is 12.7. The maximum absolute atomic E-state index is 12.7. The van der Waals surface area contributed by atoms with Crippen LogP contribution in [0, 0.1) is 0 Å². The van der Waals surface area contributed by atoms with Crippen molar-refractivity contribution in [3.05, 3.63) is 59.2 Å². The maximum atomic E-state index is 12.7. The minimum atomic E-state index is -1.04. The molecule has 5 heteroatoms. The molecule has 0 saturated carbocycles. The Bertz CT molecular complexity index is 844. The molecule has 3 rings (SSSR count). The molecule has 0 saturated heterocycles. The van der Waals surface area contributed by atoms with Crippen LogP contribution in [0.3, 0.4) is 0 Å². The third-order valence-corrected chi connectivity index (χ3v) is 4.46. The van der Waals surface area contributed by atoms with E-state index < -0.39 is 11.7 Å². The molecule has 1 heterocycles. The summed E-state index contributed by atoms with van der Waals surface area (Å²) in [6, 6.07) is 9.99. The van der Waals surface area contributed by atoms with Crippen LogP contribution in [0.4, 0.5) is 0 Å². The summed E-state index contributed by atoms with van der Waals surface area (Å²) >= 11 is 0. The minimum Gasteiger partial charge on any atom is -0.508 e. The number of aliphatic hydroxyl groups is 1. The normalized spacial score (nSPS) is 16.4. The van der Waals surface area contributed by atoms with Crippen LogP contribution < -0.4 is 9.47 Å². The van der Waals surface area contributed by atoms with Crippen LogP contribution in [0.25, 0.3) is 6.08 Å². The lowest BCUT2D eigenvalue weighted by Gasteiger charge is -2.24. The smallest absolute Gasteiger partial charge is 0.189 e. The van der Waals surface area contributed by atoms with Crippen LogP contribution in [0.15, 0.2) is 42.5 Å². The van der Waals surface area contributed by atoms with E-state index in [0.29, 0.717) is 23.5 Å². The molecule has 0 aromatic heterocycles. The number of ether oxygens (including phenoxy) is 2. The number of hydrogen-bond acceptors (Lipinski definition) is 5. The Morgan fingerprint density at radius 3 is 2.54 bits per heavy atom. The number of allylic oxidation sites excluding steroid dienone is 1. The summed E-state index contributed by atoms with van der Waals surface area (Å²) in [6.07, 6.45) is 3.18. The fourth-order valence-corrected chi connectivity index (χ4v) is 2.93. The summed E-state index contributed by atoms with van der Waals surface area (Å²) in [5, 5.41) is 19.6. The molecule has 26 heavy (non-hydrogen) atoms. The summed E-state index contributed by atoms with van der Waals surface area (Å²) in [5.74, 6) is 1.09. The summed E-state index contributed by atoms with van der Waals surface area (Å²) < 4.78 is 11.3. The molecule has 2 N–H and O–H groups in total. The number of rotatable bonds is 5. The van der Waals surface area contributed by atoms with Crippen LogP contribution in [0.2, 0.25) is 0 Å². The van der Waals surface area contributed by atoms with Crippen molar-refractivity contribution in [3.63, 3.8) is 0 Å². The van der Waals surface area contributed by atoms with E-state index in [4.69, 9.17) is 9.47 Å². The Morgan fingerprint density at radius 1 is 1.23 bits per heavy atom. The van der Waals surface area contributed by atoms with Crippen LogP contribution in [0.5, 0.6) is 17.2 Å². The van der Waals surface area contributed by atoms with Crippen molar-refractivity contribution in [2.75, 3.05) is 7.11 Å². The van der Waals surface area contributed by atoms with Crippen molar-refractivity contribution in [1.29, 1.82) is 0 Å². The number of aromatic hydroxyl groups is 1. The highest BCUT2D eigenvalue weighted by molar-refractivity contribution is 6.09. The molecule has 1 aliphatic heterocycles. The quantitative estimate of drug-likeness (QED) is 0.636. The molecule has 0 bridgehead atoms.